The number of piperazine rings is 1. The number of rotatable bonds is 4. The van der Waals surface area contributed by atoms with E-state index < -0.39 is 0 Å². The molecule has 0 radical (unpaired) electrons. The van der Waals surface area contributed by atoms with Crippen molar-refractivity contribution >= 4 is 17.4 Å². The summed E-state index contributed by atoms with van der Waals surface area (Å²) in [5, 5.41) is 4.26. The lowest BCUT2D eigenvalue weighted by atomic mass is 10.2. The first-order valence-corrected chi connectivity index (χ1v) is 7.85. The van der Waals surface area contributed by atoms with Crippen LogP contribution in [-0.2, 0) is 6.54 Å². The minimum absolute atomic E-state index is 0.492. The van der Waals surface area contributed by atoms with Crippen LogP contribution < -0.4 is 10.2 Å². The van der Waals surface area contributed by atoms with Crippen molar-refractivity contribution in [3.8, 4) is 0 Å². The van der Waals surface area contributed by atoms with E-state index >= 15 is 0 Å². The van der Waals surface area contributed by atoms with Gasteiger partial charge in [0, 0.05) is 38.3 Å². The number of nitrogens with one attached hydrogen (secondary N) is 1. The molecule has 1 N–H and O–H groups in total. The predicted octanol–water partition coefficient (Wildman–Crippen LogP) is 2.13. The van der Waals surface area contributed by atoms with Gasteiger partial charge in [0.1, 0.15) is 5.82 Å². The van der Waals surface area contributed by atoms with Gasteiger partial charge in [-0.3, -0.25) is 0 Å². The van der Waals surface area contributed by atoms with Crippen molar-refractivity contribution < 1.29 is 0 Å². The second-order valence-electron chi connectivity index (χ2n) is 6.06. The molecule has 1 aromatic heterocycles. The summed E-state index contributed by atoms with van der Waals surface area (Å²) in [5.41, 5.74) is 0.974. The van der Waals surface area contributed by atoms with Crippen molar-refractivity contribution in [3.05, 3.63) is 22.8 Å². The molecule has 1 saturated heterocycles. The maximum Gasteiger partial charge on any atom is 0.129 e. The topological polar surface area (TPSA) is 31.4 Å². The molecular weight excluding hydrogens is 272 g/mol. The van der Waals surface area contributed by atoms with E-state index in [4.69, 9.17) is 16.6 Å². The zero-order valence-corrected chi connectivity index (χ0v) is 13.0. The van der Waals surface area contributed by atoms with Crippen LogP contribution in [0.5, 0.6) is 0 Å². The van der Waals surface area contributed by atoms with Crippen LogP contribution in [0, 0.1) is 0 Å². The quantitative estimate of drug-likeness (QED) is 0.922. The van der Waals surface area contributed by atoms with Crippen molar-refractivity contribution in [2.45, 2.75) is 38.4 Å². The smallest absolute Gasteiger partial charge is 0.129 e. The normalized spacial score (nSPS) is 24.1. The maximum absolute atomic E-state index is 6.27. The Labute approximate surface area is 126 Å². The molecule has 1 aliphatic heterocycles. The fourth-order valence-corrected chi connectivity index (χ4v) is 2.94. The molecule has 1 atom stereocenters. The monoisotopic (exact) mass is 294 g/mol. The Morgan fingerprint density at radius 3 is 2.85 bits per heavy atom. The predicted molar refractivity (Wildman–Crippen MR) is 83.4 cm³/mol. The van der Waals surface area contributed by atoms with Crippen LogP contribution in [0.3, 0.4) is 0 Å². The molecule has 0 aromatic carbocycles. The molecule has 3 rings (SSSR count). The summed E-state index contributed by atoms with van der Waals surface area (Å²) in [6.45, 7) is 6.24. The number of anilines is 1. The lowest BCUT2D eigenvalue weighted by Gasteiger charge is -2.39. The minimum atomic E-state index is 0.492. The highest BCUT2D eigenvalue weighted by Crippen LogP contribution is 2.24. The molecule has 110 valence electrons. The van der Waals surface area contributed by atoms with Gasteiger partial charge in [0.05, 0.1) is 10.7 Å². The van der Waals surface area contributed by atoms with Gasteiger partial charge in [0.25, 0.3) is 0 Å². The van der Waals surface area contributed by atoms with Crippen LogP contribution in [0.2, 0.25) is 5.02 Å². The minimum Gasteiger partial charge on any atom is -0.351 e. The molecule has 2 aliphatic rings. The Morgan fingerprint density at radius 2 is 2.15 bits per heavy atom. The van der Waals surface area contributed by atoms with E-state index in [2.05, 4.69) is 29.1 Å². The fraction of sp³-hybridized carbons (Fsp3) is 0.667. The van der Waals surface area contributed by atoms with Gasteiger partial charge >= 0.3 is 0 Å². The van der Waals surface area contributed by atoms with Crippen LogP contribution in [-0.4, -0.2) is 48.6 Å². The Bertz CT molecular complexity index is 475. The zero-order valence-electron chi connectivity index (χ0n) is 12.3. The van der Waals surface area contributed by atoms with Crippen molar-refractivity contribution in [2.24, 2.45) is 0 Å². The van der Waals surface area contributed by atoms with Crippen LogP contribution >= 0.6 is 11.6 Å². The van der Waals surface area contributed by atoms with Crippen LogP contribution in [0.4, 0.5) is 5.82 Å². The van der Waals surface area contributed by atoms with Gasteiger partial charge in [0.15, 0.2) is 0 Å². The Morgan fingerprint density at radius 1 is 1.35 bits per heavy atom. The molecule has 4 nitrogen and oxygen atoms in total. The molecule has 1 aromatic rings. The highest BCUT2D eigenvalue weighted by Gasteiger charge is 2.24. The summed E-state index contributed by atoms with van der Waals surface area (Å²) in [4.78, 5) is 9.54. The number of halogens is 1. The van der Waals surface area contributed by atoms with Gasteiger partial charge in [-0.25, -0.2) is 4.98 Å². The third-order valence-electron chi connectivity index (χ3n) is 4.16. The van der Waals surface area contributed by atoms with Crippen molar-refractivity contribution in [1.29, 1.82) is 0 Å². The summed E-state index contributed by atoms with van der Waals surface area (Å²) in [6, 6.07) is 5.20. The average Bonchev–Trinajstić information content (AvgIpc) is 3.22. The molecule has 2 heterocycles. The Kier molecular flexibility index (Phi) is 4.15. The average molecular weight is 295 g/mol. The third-order valence-corrected chi connectivity index (χ3v) is 4.51. The zero-order chi connectivity index (χ0) is 14.1. The van der Waals surface area contributed by atoms with E-state index in [0.29, 0.717) is 12.1 Å². The Balaban J connectivity index is 1.73. The van der Waals surface area contributed by atoms with Gasteiger partial charge in [0.2, 0.25) is 0 Å². The summed E-state index contributed by atoms with van der Waals surface area (Å²) in [5.74, 6) is 1.06. The number of pyridine rings is 1. The standard InChI is InChI=1S/C15H23ClN4/c1-11-10-19(2)7-8-20(11)15-6-5-13(16)14(18-15)9-17-12-3-4-12/h5-6,11-12,17H,3-4,7-10H2,1-2H3. The first kappa shape index (κ1) is 14.1. The van der Waals surface area contributed by atoms with Crippen LogP contribution in [0.1, 0.15) is 25.5 Å². The molecule has 1 unspecified atom stereocenters. The van der Waals surface area contributed by atoms with Crippen molar-refractivity contribution in [3.63, 3.8) is 0 Å². The van der Waals surface area contributed by atoms with Gasteiger partial charge in [-0.1, -0.05) is 11.6 Å². The van der Waals surface area contributed by atoms with Crippen molar-refractivity contribution in [1.82, 2.24) is 15.2 Å². The van der Waals surface area contributed by atoms with E-state index in [9.17, 15) is 0 Å². The molecule has 0 spiro atoms. The van der Waals surface area contributed by atoms with E-state index in [1.165, 1.54) is 12.8 Å². The van der Waals surface area contributed by atoms with Crippen LogP contribution in [0.15, 0.2) is 12.1 Å². The van der Waals surface area contributed by atoms with E-state index in [1.807, 2.05) is 12.1 Å². The molecule has 20 heavy (non-hydrogen) atoms. The molecule has 5 heteroatoms. The van der Waals surface area contributed by atoms with Crippen molar-refractivity contribution in [2.75, 3.05) is 31.6 Å². The number of aromatic nitrogens is 1. The van der Waals surface area contributed by atoms with E-state index in [-0.39, 0.29) is 0 Å². The summed E-state index contributed by atoms with van der Waals surface area (Å²) >= 11 is 6.27. The van der Waals surface area contributed by atoms with Gasteiger partial charge in [-0.05, 0) is 38.9 Å². The fourth-order valence-electron chi connectivity index (χ4n) is 2.77. The Hall–Kier alpha value is -0.840. The lowest BCUT2D eigenvalue weighted by molar-refractivity contribution is 0.274. The van der Waals surface area contributed by atoms with E-state index in [0.717, 1.165) is 42.7 Å². The second-order valence-corrected chi connectivity index (χ2v) is 6.47. The third kappa shape index (κ3) is 3.25. The molecule has 1 saturated carbocycles. The number of hydrogen-bond acceptors (Lipinski definition) is 4. The van der Waals surface area contributed by atoms with E-state index in [1.54, 1.807) is 0 Å². The summed E-state index contributed by atoms with van der Waals surface area (Å²) in [6.07, 6.45) is 2.57. The summed E-state index contributed by atoms with van der Waals surface area (Å²) < 4.78 is 0. The lowest BCUT2D eigenvalue weighted by Crippen LogP contribution is -2.50. The highest BCUT2D eigenvalue weighted by molar-refractivity contribution is 6.31. The summed E-state index contributed by atoms with van der Waals surface area (Å²) in [7, 11) is 2.17. The first-order chi connectivity index (χ1) is 9.63. The van der Waals surface area contributed by atoms with Gasteiger partial charge < -0.3 is 15.1 Å². The molecule has 1 aliphatic carbocycles. The van der Waals surface area contributed by atoms with Gasteiger partial charge in [-0.15, -0.1) is 0 Å². The molecule has 0 amide bonds. The number of hydrogen-bond donors (Lipinski definition) is 1. The van der Waals surface area contributed by atoms with Gasteiger partial charge in [-0.2, -0.15) is 0 Å². The SMILES string of the molecule is CC1CN(C)CCN1c1ccc(Cl)c(CNC2CC2)n1. The molecule has 0 bridgehead atoms. The number of likely N-dealkylation sites (N-methyl/N-ethyl adjacent to an activating group) is 1. The molecule has 2 fully saturated rings. The largest absolute Gasteiger partial charge is 0.351 e. The maximum atomic E-state index is 6.27. The first-order valence-electron chi connectivity index (χ1n) is 7.47. The second kappa shape index (κ2) is 5.88. The van der Waals surface area contributed by atoms with Crippen LogP contribution in [0.25, 0.3) is 0 Å². The molecular formula is C15H23ClN4. The highest BCUT2D eigenvalue weighted by atomic mass is 35.5. The number of nitrogens with zero attached hydrogens (tertiary/aromatic N) is 3.